The Hall–Kier alpha value is -1.09. The smallest absolute Gasteiger partial charge is 0.0780 e. The highest BCUT2D eigenvalue weighted by Crippen LogP contribution is 2.68. The molecule has 0 saturated heterocycles. The van der Waals surface area contributed by atoms with Gasteiger partial charge in [-0.05, 0) is 85.2 Å². The van der Waals surface area contributed by atoms with Crippen LogP contribution >= 0.6 is 11.8 Å². The molecule has 0 amide bonds. The highest BCUT2D eigenvalue weighted by atomic mass is 32.2. The van der Waals surface area contributed by atoms with E-state index in [0.717, 1.165) is 52.6 Å². The second-order valence-electron chi connectivity index (χ2n) is 9.68. The lowest BCUT2D eigenvalue weighted by Gasteiger charge is -2.60. The molecule has 11 atom stereocenters. The summed E-state index contributed by atoms with van der Waals surface area (Å²) < 4.78 is 0. The summed E-state index contributed by atoms with van der Waals surface area (Å²) in [5.41, 5.74) is 0. The van der Waals surface area contributed by atoms with Crippen LogP contribution in [-0.2, 0) is 0 Å². The van der Waals surface area contributed by atoms with Crippen LogP contribution in [0.2, 0.25) is 0 Å². The van der Waals surface area contributed by atoms with Gasteiger partial charge in [0.1, 0.15) is 0 Å². The van der Waals surface area contributed by atoms with Crippen molar-refractivity contribution in [2.75, 3.05) is 0 Å². The first-order valence-electron chi connectivity index (χ1n) is 10.7. The first-order chi connectivity index (χ1) is 12.9. The number of benzene rings is 1. The van der Waals surface area contributed by atoms with Crippen molar-refractivity contribution in [1.29, 1.82) is 0 Å². The monoisotopic (exact) mass is 362 g/mol. The molecule has 0 aromatic heterocycles. The average molecular weight is 363 g/mol. The summed E-state index contributed by atoms with van der Waals surface area (Å²) in [5.74, 6) is 6.78. The molecule has 0 unspecified atom stereocenters. The number of nitrogens with zero attached hydrogens (tertiary/aromatic N) is 2. The molecular formula is C23H26N2S. The molecule has 1 aromatic carbocycles. The normalized spacial score (nSPS) is 54.5. The van der Waals surface area contributed by atoms with E-state index in [1.54, 1.807) is 0 Å². The third-order valence-electron chi connectivity index (χ3n) is 8.88. The zero-order valence-corrected chi connectivity index (χ0v) is 15.8. The van der Waals surface area contributed by atoms with Gasteiger partial charge in [-0.1, -0.05) is 30.4 Å². The maximum Gasteiger partial charge on any atom is 0.0780 e. The molecule has 6 aliphatic carbocycles. The minimum atomic E-state index is 0.543. The van der Waals surface area contributed by atoms with Gasteiger partial charge in [0.15, 0.2) is 0 Å². The van der Waals surface area contributed by atoms with Gasteiger partial charge in [-0.2, -0.15) is 10.2 Å². The highest BCUT2D eigenvalue weighted by Gasteiger charge is 2.67. The van der Waals surface area contributed by atoms with Crippen molar-refractivity contribution in [2.45, 2.75) is 47.9 Å². The van der Waals surface area contributed by atoms with Gasteiger partial charge in [-0.3, -0.25) is 0 Å². The Balaban J connectivity index is 1.23. The molecule has 134 valence electrons. The van der Waals surface area contributed by atoms with Crippen LogP contribution in [-0.4, -0.2) is 17.3 Å². The van der Waals surface area contributed by atoms with E-state index in [9.17, 15) is 0 Å². The summed E-state index contributed by atoms with van der Waals surface area (Å²) in [7, 11) is 0. The Morgan fingerprint density at radius 3 is 2.15 bits per heavy atom. The Morgan fingerprint density at radius 1 is 0.769 bits per heavy atom. The van der Waals surface area contributed by atoms with Gasteiger partial charge in [0.05, 0.1) is 12.1 Å². The summed E-state index contributed by atoms with van der Waals surface area (Å²) in [6.07, 6.45) is 10.8. The molecule has 0 spiro atoms. The van der Waals surface area contributed by atoms with Crippen molar-refractivity contribution in [3.05, 3.63) is 42.5 Å². The van der Waals surface area contributed by atoms with E-state index >= 15 is 0 Å². The van der Waals surface area contributed by atoms with Gasteiger partial charge in [0.2, 0.25) is 0 Å². The Labute approximate surface area is 159 Å². The molecule has 0 N–H and O–H groups in total. The largest absolute Gasteiger partial charge is 0.190 e. The second-order valence-corrected chi connectivity index (χ2v) is 11.0. The Bertz CT molecular complexity index is 789. The standard InChI is InChI=1S/C23H26N2S/c1-2-4-15(5-3-1)26-17-11-14-10-16(17)21-20(14)22-18-12-6-8-13(9-7-12)19(18)23(21)25-24-22/h1-6,8,12-14,16-23H,7,9-11H2/t12-,13+,14+,16-,17-,18-,19+,20+,21-,22-,23+/m1/s1. The molecule has 8 aliphatic rings. The molecule has 2 heterocycles. The number of allylic oxidation sites excluding steroid dienone is 2. The third-order valence-corrected chi connectivity index (χ3v) is 10.3. The Kier molecular flexibility index (Phi) is 3.01. The molecule has 0 radical (unpaired) electrons. The van der Waals surface area contributed by atoms with E-state index < -0.39 is 0 Å². The van der Waals surface area contributed by atoms with Crippen molar-refractivity contribution >= 4 is 11.8 Å². The van der Waals surface area contributed by atoms with E-state index in [-0.39, 0.29) is 0 Å². The van der Waals surface area contributed by atoms with Crippen LogP contribution in [0.4, 0.5) is 0 Å². The van der Waals surface area contributed by atoms with E-state index in [1.807, 2.05) is 0 Å². The molecule has 2 aliphatic heterocycles. The molecule has 9 rings (SSSR count). The van der Waals surface area contributed by atoms with Crippen molar-refractivity contribution in [2.24, 2.45) is 57.6 Å². The second kappa shape index (κ2) is 5.25. The topological polar surface area (TPSA) is 24.7 Å². The van der Waals surface area contributed by atoms with Crippen molar-refractivity contribution in [3.63, 3.8) is 0 Å². The summed E-state index contributed by atoms with van der Waals surface area (Å²) >= 11 is 2.16. The van der Waals surface area contributed by atoms with E-state index in [2.05, 4.69) is 54.2 Å². The number of rotatable bonds is 2. The zero-order valence-electron chi connectivity index (χ0n) is 15.0. The maximum atomic E-state index is 4.99. The number of azo groups is 1. The fraction of sp³-hybridized carbons (Fsp3) is 0.652. The summed E-state index contributed by atoms with van der Waals surface area (Å²) in [6, 6.07) is 12.2. The van der Waals surface area contributed by atoms with Crippen LogP contribution in [0.3, 0.4) is 0 Å². The van der Waals surface area contributed by atoms with Crippen LogP contribution in [0, 0.1) is 47.3 Å². The van der Waals surface area contributed by atoms with Crippen molar-refractivity contribution in [1.82, 2.24) is 0 Å². The first-order valence-corrected chi connectivity index (χ1v) is 11.6. The van der Waals surface area contributed by atoms with Gasteiger partial charge in [-0.25, -0.2) is 0 Å². The summed E-state index contributed by atoms with van der Waals surface area (Å²) in [4.78, 5) is 1.46. The van der Waals surface area contributed by atoms with Gasteiger partial charge >= 0.3 is 0 Å². The van der Waals surface area contributed by atoms with Crippen molar-refractivity contribution in [3.8, 4) is 0 Å². The predicted octanol–water partition coefficient (Wildman–Crippen LogP) is 5.46. The molecule has 4 fully saturated rings. The van der Waals surface area contributed by atoms with Crippen LogP contribution in [0.5, 0.6) is 0 Å². The average Bonchev–Trinajstić information content (AvgIpc) is 3.30. The zero-order chi connectivity index (χ0) is 16.8. The van der Waals surface area contributed by atoms with E-state index in [0.29, 0.717) is 12.1 Å². The van der Waals surface area contributed by atoms with E-state index in [1.165, 1.54) is 30.6 Å². The molecule has 26 heavy (non-hydrogen) atoms. The number of hydrogen-bond donors (Lipinski definition) is 0. The fourth-order valence-corrected chi connectivity index (χ4v) is 9.67. The number of thioether (sulfide) groups is 1. The first kappa shape index (κ1) is 14.9. The fourth-order valence-electron chi connectivity index (χ4n) is 8.20. The molecule has 3 heteroatoms. The molecule has 6 bridgehead atoms. The highest BCUT2D eigenvalue weighted by molar-refractivity contribution is 8.00. The lowest BCUT2D eigenvalue weighted by molar-refractivity contribution is -0.0625. The lowest BCUT2D eigenvalue weighted by atomic mass is 9.48. The van der Waals surface area contributed by atoms with Crippen LogP contribution in [0.1, 0.15) is 25.7 Å². The number of fused-ring (bicyclic) bond motifs is 3. The molecular weight excluding hydrogens is 336 g/mol. The quantitative estimate of drug-likeness (QED) is 0.641. The molecule has 2 nitrogen and oxygen atoms in total. The van der Waals surface area contributed by atoms with Crippen LogP contribution in [0.25, 0.3) is 0 Å². The van der Waals surface area contributed by atoms with Gasteiger partial charge in [-0.15, -0.1) is 11.8 Å². The van der Waals surface area contributed by atoms with Gasteiger partial charge in [0.25, 0.3) is 0 Å². The summed E-state index contributed by atoms with van der Waals surface area (Å²) in [5, 5.41) is 10.8. The minimum Gasteiger partial charge on any atom is -0.190 e. The number of hydrogen-bond acceptors (Lipinski definition) is 3. The molecule has 1 aromatic rings. The van der Waals surface area contributed by atoms with Gasteiger partial charge in [0, 0.05) is 10.1 Å². The van der Waals surface area contributed by atoms with Crippen LogP contribution < -0.4 is 0 Å². The predicted molar refractivity (Wildman–Crippen MR) is 104 cm³/mol. The van der Waals surface area contributed by atoms with Crippen LogP contribution in [0.15, 0.2) is 57.6 Å². The Morgan fingerprint density at radius 2 is 1.46 bits per heavy atom. The molecule has 4 saturated carbocycles. The SMILES string of the molecule is C1=C[C@H]2CC[C@@H]1[C@H]1[C@H]3N=N[C@@H]([C@H]12)[C@@H]1[C@@H]2C[C@@H](C[C@H]2Sc2ccccc2)[C@H]31. The minimum absolute atomic E-state index is 0.543. The maximum absolute atomic E-state index is 4.99. The van der Waals surface area contributed by atoms with E-state index in [4.69, 9.17) is 10.2 Å². The van der Waals surface area contributed by atoms with Gasteiger partial charge < -0.3 is 0 Å². The summed E-state index contributed by atoms with van der Waals surface area (Å²) in [6.45, 7) is 0. The van der Waals surface area contributed by atoms with Crippen molar-refractivity contribution < 1.29 is 0 Å². The lowest BCUT2D eigenvalue weighted by Crippen LogP contribution is -2.62. The third kappa shape index (κ3) is 1.81.